The van der Waals surface area contributed by atoms with E-state index in [1.165, 1.54) is 11.6 Å². The number of nitrogens with zero attached hydrogens (tertiary/aromatic N) is 1. The lowest BCUT2D eigenvalue weighted by molar-refractivity contribution is 0.540. The van der Waals surface area contributed by atoms with Crippen molar-refractivity contribution in [3.63, 3.8) is 0 Å². The first-order valence-corrected chi connectivity index (χ1v) is 7.50. The summed E-state index contributed by atoms with van der Waals surface area (Å²) >= 11 is 3.25. The molecule has 1 atom stereocenters. The standard InChI is InChI=1S/C16H18BrFN2/c1-3-19-16(10-15-11(2)5-4-8-20-15)12-6-7-14(18)13(17)9-12/h4-9,16,19H,3,10H2,1-2H3. The molecule has 0 spiro atoms. The Labute approximate surface area is 127 Å². The number of rotatable bonds is 5. The summed E-state index contributed by atoms with van der Waals surface area (Å²) in [7, 11) is 0. The molecule has 2 aromatic rings. The Bertz CT molecular complexity index is 586. The first-order chi connectivity index (χ1) is 9.61. The summed E-state index contributed by atoms with van der Waals surface area (Å²) in [5.41, 5.74) is 3.31. The lowest BCUT2D eigenvalue weighted by atomic mass is 9.99. The normalized spacial score (nSPS) is 12.4. The number of halogens is 2. The molecule has 2 rings (SSSR count). The molecule has 0 saturated carbocycles. The zero-order chi connectivity index (χ0) is 14.5. The van der Waals surface area contributed by atoms with Crippen LogP contribution in [0.4, 0.5) is 4.39 Å². The van der Waals surface area contributed by atoms with Gasteiger partial charge in [-0.05, 0) is 58.7 Å². The molecule has 1 aromatic heterocycles. The van der Waals surface area contributed by atoms with Gasteiger partial charge in [-0.1, -0.05) is 19.1 Å². The lowest BCUT2D eigenvalue weighted by Gasteiger charge is -2.19. The molecule has 4 heteroatoms. The third-order valence-corrected chi connectivity index (χ3v) is 3.92. The van der Waals surface area contributed by atoms with Crippen molar-refractivity contribution >= 4 is 15.9 Å². The predicted octanol–water partition coefficient (Wildman–Crippen LogP) is 4.18. The highest BCUT2D eigenvalue weighted by Crippen LogP contribution is 2.24. The highest BCUT2D eigenvalue weighted by Gasteiger charge is 2.14. The van der Waals surface area contributed by atoms with E-state index in [1.54, 1.807) is 0 Å². The van der Waals surface area contributed by atoms with Gasteiger partial charge in [-0.25, -0.2) is 4.39 Å². The maximum Gasteiger partial charge on any atom is 0.137 e. The Balaban J connectivity index is 2.27. The summed E-state index contributed by atoms with van der Waals surface area (Å²) in [5.74, 6) is -0.238. The van der Waals surface area contributed by atoms with Crippen LogP contribution in [-0.2, 0) is 6.42 Å². The maximum atomic E-state index is 13.4. The molecule has 1 aromatic carbocycles. The van der Waals surface area contributed by atoms with E-state index in [-0.39, 0.29) is 11.9 Å². The van der Waals surface area contributed by atoms with Crippen LogP contribution in [0.5, 0.6) is 0 Å². The molecule has 0 radical (unpaired) electrons. The number of hydrogen-bond acceptors (Lipinski definition) is 2. The number of aromatic nitrogens is 1. The van der Waals surface area contributed by atoms with Crippen LogP contribution in [0.2, 0.25) is 0 Å². The van der Waals surface area contributed by atoms with Crippen molar-refractivity contribution in [3.05, 3.63) is 63.6 Å². The summed E-state index contributed by atoms with van der Waals surface area (Å²) in [6, 6.07) is 9.29. The highest BCUT2D eigenvalue weighted by molar-refractivity contribution is 9.10. The van der Waals surface area contributed by atoms with E-state index >= 15 is 0 Å². The van der Waals surface area contributed by atoms with Crippen LogP contribution >= 0.6 is 15.9 Å². The smallest absolute Gasteiger partial charge is 0.137 e. The molecule has 0 fully saturated rings. The van der Waals surface area contributed by atoms with Crippen LogP contribution in [0, 0.1) is 12.7 Å². The number of aryl methyl sites for hydroxylation is 1. The summed E-state index contributed by atoms with van der Waals surface area (Å²) in [5, 5.41) is 3.44. The molecule has 0 aliphatic rings. The first kappa shape index (κ1) is 15.1. The molecule has 1 unspecified atom stereocenters. The fourth-order valence-corrected chi connectivity index (χ4v) is 2.61. The SMILES string of the molecule is CCNC(Cc1ncccc1C)c1ccc(F)c(Br)c1. The van der Waals surface area contributed by atoms with Crippen LogP contribution < -0.4 is 5.32 Å². The van der Waals surface area contributed by atoms with Crippen LogP contribution in [-0.4, -0.2) is 11.5 Å². The average molecular weight is 337 g/mol. The summed E-state index contributed by atoms with van der Waals surface area (Å²) < 4.78 is 13.9. The predicted molar refractivity (Wildman–Crippen MR) is 83.2 cm³/mol. The van der Waals surface area contributed by atoms with Gasteiger partial charge in [-0.3, -0.25) is 4.98 Å². The molecule has 0 amide bonds. The molecule has 0 bridgehead atoms. The second kappa shape index (κ2) is 6.95. The van der Waals surface area contributed by atoms with Crippen LogP contribution in [0.25, 0.3) is 0 Å². The van der Waals surface area contributed by atoms with Gasteiger partial charge in [-0.15, -0.1) is 0 Å². The number of pyridine rings is 1. The van der Waals surface area contributed by atoms with E-state index in [0.29, 0.717) is 4.47 Å². The van der Waals surface area contributed by atoms with Gasteiger partial charge in [0, 0.05) is 24.4 Å². The highest BCUT2D eigenvalue weighted by atomic mass is 79.9. The second-order valence-electron chi connectivity index (χ2n) is 4.75. The molecular formula is C16H18BrFN2. The number of hydrogen-bond donors (Lipinski definition) is 1. The fraction of sp³-hybridized carbons (Fsp3) is 0.312. The summed E-state index contributed by atoms with van der Waals surface area (Å²) in [4.78, 5) is 4.44. The van der Waals surface area contributed by atoms with Crippen molar-refractivity contribution in [2.24, 2.45) is 0 Å². The van der Waals surface area contributed by atoms with Crippen molar-refractivity contribution in [3.8, 4) is 0 Å². The van der Waals surface area contributed by atoms with E-state index in [1.807, 2.05) is 24.4 Å². The fourth-order valence-electron chi connectivity index (χ4n) is 2.21. The zero-order valence-corrected chi connectivity index (χ0v) is 13.2. The summed E-state index contributed by atoms with van der Waals surface area (Å²) in [6.45, 7) is 4.98. The van der Waals surface area contributed by atoms with Crippen LogP contribution in [0.1, 0.15) is 29.8 Å². The van der Waals surface area contributed by atoms with Gasteiger partial charge in [0.1, 0.15) is 5.82 Å². The van der Waals surface area contributed by atoms with Gasteiger partial charge in [0.05, 0.1) is 4.47 Å². The average Bonchev–Trinajstić information content (AvgIpc) is 2.44. The molecule has 1 heterocycles. The third-order valence-electron chi connectivity index (χ3n) is 3.31. The number of nitrogens with one attached hydrogen (secondary N) is 1. The molecule has 20 heavy (non-hydrogen) atoms. The minimum atomic E-state index is -0.238. The van der Waals surface area contributed by atoms with E-state index in [9.17, 15) is 4.39 Å². The lowest BCUT2D eigenvalue weighted by Crippen LogP contribution is -2.23. The Kier molecular flexibility index (Phi) is 5.26. The molecule has 1 N–H and O–H groups in total. The molecule has 2 nitrogen and oxygen atoms in total. The van der Waals surface area contributed by atoms with Crippen molar-refractivity contribution in [1.29, 1.82) is 0 Å². The van der Waals surface area contributed by atoms with Crippen molar-refractivity contribution in [2.75, 3.05) is 6.54 Å². The number of likely N-dealkylation sites (N-methyl/N-ethyl adjacent to an activating group) is 1. The monoisotopic (exact) mass is 336 g/mol. The van der Waals surface area contributed by atoms with E-state index in [0.717, 1.165) is 24.2 Å². The summed E-state index contributed by atoms with van der Waals surface area (Å²) in [6.07, 6.45) is 2.60. The Hall–Kier alpha value is -1.26. The topological polar surface area (TPSA) is 24.9 Å². The third kappa shape index (κ3) is 3.64. The van der Waals surface area contributed by atoms with Crippen molar-refractivity contribution in [1.82, 2.24) is 10.3 Å². The molecular weight excluding hydrogens is 319 g/mol. The molecule has 106 valence electrons. The zero-order valence-electron chi connectivity index (χ0n) is 11.7. The van der Waals surface area contributed by atoms with Gasteiger partial charge < -0.3 is 5.32 Å². The largest absolute Gasteiger partial charge is 0.310 e. The Morgan fingerprint density at radius 1 is 1.35 bits per heavy atom. The number of benzene rings is 1. The minimum Gasteiger partial charge on any atom is -0.310 e. The van der Waals surface area contributed by atoms with Crippen molar-refractivity contribution in [2.45, 2.75) is 26.3 Å². The van der Waals surface area contributed by atoms with E-state index < -0.39 is 0 Å². The second-order valence-corrected chi connectivity index (χ2v) is 5.61. The van der Waals surface area contributed by atoms with Crippen LogP contribution in [0.3, 0.4) is 0 Å². The van der Waals surface area contributed by atoms with Gasteiger partial charge in [-0.2, -0.15) is 0 Å². The Morgan fingerprint density at radius 3 is 2.80 bits per heavy atom. The van der Waals surface area contributed by atoms with Gasteiger partial charge in [0.25, 0.3) is 0 Å². The van der Waals surface area contributed by atoms with E-state index in [2.05, 4.69) is 46.1 Å². The Morgan fingerprint density at radius 2 is 2.15 bits per heavy atom. The molecule has 0 saturated heterocycles. The quantitative estimate of drug-likeness (QED) is 0.885. The van der Waals surface area contributed by atoms with Gasteiger partial charge in [0.15, 0.2) is 0 Å². The maximum absolute atomic E-state index is 13.4. The molecule has 0 aliphatic carbocycles. The van der Waals surface area contributed by atoms with Gasteiger partial charge in [0.2, 0.25) is 0 Å². The van der Waals surface area contributed by atoms with Crippen LogP contribution in [0.15, 0.2) is 41.0 Å². The minimum absolute atomic E-state index is 0.130. The molecule has 0 aliphatic heterocycles. The van der Waals surface area contributed by atoms with E-state index in [4.69, 9.17) is 0 Å². The van der Waals surface area contributed by atoms with Crippen molar-refractivity contribution < 1.29 is 4.39 Å². The first-order valence-electron chi connectivity index (χ1n) is 6.70. The van der Waals surface area contributed by atoms with Gasteiger partial charge >= 0.3 is 0 Å².